The monoisotopic (exact) mass is 237 g/mol. The zero-order valence-electron chi connectivity index (χ0n) is 10.6. The SMILES string of the molecule is CCCC1CC1NC(c1cccs1)C(C)C. The van der Waals surface area contributed by atoms with Gasteiger partial charge in [-0.2, -0.15) is 0 Å². The molecule has 0 spiro atoms. The van der Waals surface area contributed by atoms with Gasteiger partial charge in [-0.1, -0.05) is 33.3 Å². The summed E-state index contributed by atoms with van der Waals surface area (Å²) in [5, 5.41) is 6.02. The standard InChI is InChI=1S/C14H23NS/c1-4-6-11-9-12(11)15-14(10(2)3)13-7-5-8-16-13/h5,7-8,10-12,14-15H,4,6,9H2,1-3H3. The third kappa shape index (κ3) is 2.86. The van der Waals surface area contributed by atoms with Gasteiger partial charge in [-0.15, -0.1) is 11.3 Å². The molecule has 1 saturated carbocycles. The molecule has 2 rings (SSSR count). The molecule has 0 amide bonds. The summed E-state index contributed by atoms with van der Waals surface area (Å²) < 4.78 is 0. The fourth-order valence-electron chi connectivity index (χ4n) is 2.44. The predicted octanol–water partition coefficient (Wildman–Crippen LogP) is 4.22. The largest absolute Gasteiger partial charge is 0.306 e. The number of thiophene rings is 1. The van der Waals surface area contributed by atoms with Crippen LogP contribution in [0.2, 0.25) is 0 Å². The Morgan fingerprint density at radius 1 is 1.50 bits per heavy atom. The number of hydrogen-bond donors (Lipinski definition) is 1. The highest BCUT2D eigenvalue weighted by Gasteiger charge is 2.38. The summed E-state index contributed by atoms with van der Waals surface area (Å²) >= 11 is 1.88. The zero-order valence-corrected chi connectivity index (χ0v) is 11.4. The molecule has 1 N–H and O–H groups in total. The summed E-state index contributed by atoms with van der Waals surface area (Å²) in [6.45, 7) is 6.91. The van der Waals surface area contributed by atoms with E-state index >= 15 is 0 Å². The zero-order chi connectivity index (χ0) is 11.5. The smallest absolute Gasteiger partial charge is 0.0440 e. The van der Waals surface area contributed by atoms with Crippen LogP contribution < -0.4 is 5.32 Å². The van der Waals surface area contributed by atoms with Crippen LogP contribution in [0.5, 0.6) is 0 Å². The van der Waals surface area contributed by atoms with E-state index in [1.165, 1.54) is 24.1 Å². The first-order valence-electron chi connectivity index (χ1n) is 6.51. The van der Waals surface area contributed by atoms with Gasteiger partial charge in [0, 0.05) is 17.0 Å². The van der Waals surface area contributed by atoms with Gasteiger partial charge in [0.2, 0.25) is 0 Å². The summed E-state index contributed by atoms with van der Waals surface area (Å²) in [6.07, 6.45) is 4.11. The van der Waals surface area contributed by atoms with Gasteiger partial charge in [0.15, 0.2) is 0 Å². The predicted molar refractivity (Wildman–Crippen MR) is 71.8 cm³/mol. The average Bonchev–Trinajstić information content (AvgIpc) is 2.78. The first-order chi connectivity index (χ1) is 7.72. The number of rotatable bonds is 6. The molecule has 1 aromatic heterocycles. The van der Waals surface area contributed by atoms with Crippen molar-refractivity contribution in [1.82, 2.24) is 5.32 Å². The molecule has 3 unspecified atom stereocenters. The first kappa shape index (κ1) is 12.1. The minimum atomic E-state index is 0.562. The van der Waals surface area contributed by atoms with Crippen molar-refractivity contribution < 1.29 is 0 Å². The maximum Gasteiger partial charge on any atom is 0.0440 e. The summed E-state index contributed by atoms with van der Waals surface area (Å²) in [5.41, 5.74) is 0. The Bertz CT molecular complexity index is 305. The second-order valence-electron chi connectivity index (χ2n) is 5.29. The first-order valence-corrected chi connectivity index (χ1v) is 7.39. The quantitative estimate of drug-likeness (QED) is 0.781. The van der Waals surface area contributed by atoms with E-state index in [0.29, 0.717) is 12.0 Å². The molecule has 1 aliphatic rings. The van der Waals surface area contributed by atoms with Crippen LogP contribution >= 0.6 is 11.3 Å². The van der Waals surface area contributed by atoms with Crippen molar-refractivity contribution in [2.45, 2.75) is 52.1 Å². The molecule has 1 aromatic rings. The molecule has 0 bridgehead atoms. The molecular weight excluding hydrogens is 214 g/mol. The minimum absolute atomic E-state index is 0.562. The molecule has 1 nitrogen and oxygen atoms in total. The van der Waals surface area contributed by atoms with Crippen molar-refractivity contribution >= 4 is 11.3 Å². The van der Waals surface area contributed by atoms with Crippen LogP contribution in [0, 0.1) is 11.8 Å². The molecule has 90 valence electrons. The molecule has 1 fully saturated rings. The summed E-state index contributed by atoms with van der Waals surface area (Å²) in [4.78, 5) is 1.50. The molecule has 0 aromatic carbocycles. The van der Waals surface area contributed by atoms with Crippen LogP contribution in [0.1, 0.15) is 51.0 Å². The van der Waals surface area contributed by atoms with E-state index in [4.69, 9.17) is 0 Å². The van der Waals surface area contributed by atoms with Crippen molar-refractivity contribution in [3.63, 3.8) is 0 Å². The molecule has 16 heavy (non-hydrogen) atoms. The highest BCUT2D eigenvalue weighted by Crippen LogP contribution is 2.38. The lowest BCUT2D eigenvalue weighted by Gasteiger charge is -2.21. The van der Waals surface area contributed by atoms with Crippen molar-refractivity contribution in [1.29, 1.82) is 0 Å². The Morgan fingerprint density at radius 2 is 2.31 bits per heavy atom. The van der Waals surface area contributed by atoms with Crippen molar-refractivity contribution in [3.8, 4) is 0 Å². The number of hydrogen-bond acceptors (Lipinski definition) is 2. The Morgan fingerprint density at radius 3 is 2.88 bits per heavy atom. The lowest BCUT2D eigenvalue weighted by Crippen LogP contribution is -2.28. The molecule has 0 saturated heterocycles. The molecule has 1 heterocycles. The summed E-state index contributed by atoms with van der Waals surface area (Å²) in [5.74, 6) is 1.63. The van der Waals surface area contributed by atoms with E-state index in [1.54, 1.807) is 0 Å². The van der Waals surface area contributed by atoms with E-state index in [1.807, 2.05) is 11.3 Å². The summed E-state index contributed by atoms with van der Waals surface area (Å²) in [7, 11) is 0. The normalized spacial score (nSPS) is 26.0. The van der Waals surface area contributed by atoms with Crippen LogP contribution in [0.15, 0.2) is 17.5 Å². The van der Waals surface area contributed by atoms with Gasteiger partial charge in [-0.25, -0.2) is 0 Å². The minimum Gasteiger partial charge on any atom is -0.306 e. The van der Waals surface area contributed by atoms with Crippen molar-refractivity contribution in [3.05, 3.63) is 22.4 Å². The van der Waals surface area contributed by atoms with Crippen molar-refractivity contribution in [2.75, 3.05) is 0 Å². The topological polar surface area (TPSA) is 12.0 Å². The van der Waals surface area contributed by atoms with Crippen LogP contribution in [0.25, 0.3) is 0 Å². The van der Waals surface area contributed by atoms with E-state index in [-0.39, 0.29) is 0 Å². The van der Waals surface area contributed by atoms with Crippen LogP contribution in [0.4, 0.5) is 0 Å². The van der Waals surface area contributed by atoms with Crippen LogP contribution in [-0.4, -0.2) is 6.04 Å². The van der Waals surface area contributed by atoms with Gasteiger partial charge in [-0.05, 0) is 36.1 Å². The highest BCUT2D eigenvalue weighted by atomic mass is 32.1. The van der Waals surface area contributed by atoms with Crippen molar-refractivity contribution in [2.24, 2.45) is 11.8 Å². The Balaban J connectivity index is 1.90. The van der Waals surface area contributed by atoms with E-state index in [9.17, 15) is 0 Å². The maximum atomic E-state index is 3.84. The Labute approximate surface area is 103 Å². The Kier molecular flexibility index (Phi) is 4.04. The fourth-order valence-corrected chi connectivity index (χ4v) is 3.40. The van der Waals surface area contributed by atoms with E-state index in [2.05, 4.69) is 43.6 Å². The average molecular weight is 237 g/mol. The molecule has 0 aliphatic heterocycles. The van der Waals surface area contributed by atoms with Gasteiger partial charge in [0.05, 0.1) is 0 Å². The third-order valence-corrected chi connectivity index (χ3v) is 4.45. The molecular formula is C14H23NS. The fraction of sp³-hybridized carbons (Fsp3) is 0.714. The molecule has 3 atom stereocenters. The second-order valence-corrected chi connectivity index (χ2v) is 6.27. The van der Waals surface area contributed by atoms with E-state index < -0.39 is 0 Å². The Hall–Kier alpha value is -0.340. The lowest BCUT2D eigenvalue weighted by atomic mass is 10.0. The van der Waals surface area contributed by atoms with Gasteiger partial charge in [0.1, 0.15) is 0 Å². The van der Waals surface area contributed by atoms with Gasteiger partial charge >= 0.3 is 0 Å². The number of nitrogens with one attached hydrogen (secondary N) is 1. The van der Waals surface area contributed by atoms with Gasteiger partial charge in [0.25, 0.3) is 0 Å². The lowest BCUT2D eigenvalue weighted by molar-refractivity contribution is 0.403. The van der Waals surface area contributed by atoms with Gasteiger partial charge in [-0.3, -0.25) is 0 Å². The molecule has 0 radical (unpaired) electrons. The van der Waals surface area contributed by atoms with Crippen LogP contribution in [0.3, 0.4) is 0 Å². The summed E-state index contributed by atoms with van der Waals surface area (Å²) in [6, 6.07) is 5.77. The van der Waals surface area contributed by atoms with Crippen LogP contribution in [-0.2, 0) is 0 Å². The maximum absolute atomic E-state index is 3.84. The third-order valence-electron chi connectivity index (χ3n) is 3.49. The highest BCUT2D eigenvalue weighted by molar-refractivity contribution is 7.10. The van der Waals surface area contributed by atoms with E-state index in [0.717, 1.165) is 12.0 Å². The second kappa shape index (κ2) is 5.33. The molecule has 2 heteroatoms. The molecule has 1 aliphatic carbocycles. The van der Waals surface area contributed by atoms with Gasteiger partial charge < -0.3 is 5.32 Å².